The van der Waals surface area contributed by atoms with E-state index in [9.17, 15) is 0 Å². The van der Waals surface area contributed by atoms with E-state index in [2.05, 4.69) is 23.8 Å². The van der Waals surface area contributed by atoms with Crippen molar-refractivity contribution in [3.05, 3.63) is 23.3 Å². The SMILES string of the molecule is Cc1nc(/C=C/CCO)[nH]c1C(C)C. The van der Waals surface area contributed by atoms with Crippen LogP contribution in [0.5, 0.6) is 0 Å². The van der Waals surface area contributed by atoms with Gasteiger partial charge in [0.25, 0.3) is 0 Å². The molecule has 0 spiro atoms. The molecule has 0 aromatic carbocycles. The zero-order valence-corrected chi connectivity index (χ0v) is 9.04. The molecule has 0 fully saturated rings. The number of nitrogens with zero attached hydrogens (tertiary/aromatic N) is 1. The predicted molar refractivity (Wildman–Crippen MR) is 58.2 cm³/mol. The first-order chi connectivity index (χ1) is 6.65. The Kier molecular flexibility index (Phi) is 3.89. The minimum Gasteiger partial charge on any atom is -0.396 e. The summed E-state index contributed by atoms with van der Waals surface area (Å²) in [4.78, 5) is 7.64. The molecule has 2 N–H and O–H groups in total. The second-order valence-electron chi connectivity index (χ2n) is 3.69. The number of rotatable bonds is 4. The highest BCUT2D eigenvalue weighted by Gasteiger charge is 2.07. The van der Waals surface area contributed by atoms with Gasteiger partial charge in [0.05, 0.1) is 5.69 Å². The number of imidazole rings is 1. The molecule has 0 unspecified atom stereocenters. The summed E-state index contributed by atoms with van der Waals surface area (Å²) in [5, 5.41) is 8.61. The van der Waals surface area contributed by atoms with Crippen LogP contribution in [0.15, 0.2) is 6.08 Å². The Balaban J connectivity index is 2.75. The van der Waals surface area contributed by atoms with Crippen LogP contribution in [0.2, 0.25) is 0 Å². The molecule has 0 atom stereocenters. The van der Waals surface area contributed by atoms with E-state index in [0.717, 1.165) is 11.5 Å². The van der Waals surface area contributed by atoms with Crippen molar-refractivity contribution in [1.82, 2.24) is 9.97 Å². The number of aromatic nitrogens is 2. The molecule has 3 heteroatoms. The Bertz CT molecular complexity index is 313. The van der Waals surface area contributed by atoms with Crippen molar-refractivity contribution in [3.8, 4) is 0 Å². The fourth-order valence-corrected chi connectivity index (χ4v) is 1.41. The predicted octanol–water partition coefficient (Wildman–Crippen LogP) is 2.24. The van der Waals surface area contributed by atoms with Crippen LogP contribution in [-0.2, 0) is 0 Å². The minimum atomic E-state index is 0.188. The molecule has 0 amide bonds. The highest BCUT2D eigenvalue weighted by Crippen LogP contribution is 2.16. The lowest BCUT2D eigenvalue weighted by Gasteiger charge is -2.00. The average Bonchev–Trinajstić information content (AvgIpc) is 2.47. The maximum absolute atomic E-state index is 8.61. The van der Waals surface area contributed by atoms with Gasteiger partial charge in [0, 0.05) is 12.3 Å². The zero-order valence-electron chi connectivity index (χ0n) is 9.04. The molecule has 3 nitrogen and oxygen atoms in total. The van der Waals surface area contributed by atoms with Crippen molar-refractivity contribution in [2.45, 2.75) is 33.1 Å². The molecular formula is C11H18N2O. The Morgan fingerprint density at radius 3 is 2.71 bits per heavy atom. The molecule has 0 bridgehead atoms. The van der Waals surface area contributed by atoms with Gasteiger partial charge >= 0.3 is 0 Å². The van der Waals surface area contributed by atoms with Gasteiger partial charge in [0.15, 0.2) is 0 Å². The van der Waals surface area contributed by atoms with E-state index in [1.807, 2.05) is 19.1 Å². The van der Waals surface area contributed by atoms with Crippen LogP contribution in [-0.4, -0.2) is 21.7 Å². The summed E-state index contributed by atoms with van der Waals surface area (Å²) < 4.78 is 0. The summed E-state index contributed by atoms with van der Waals surface area (Å²) in [5.41, 5.74) is 2.25. The number of nitrogens with one attached hydrogen (secondary N) is 1. The van der Waals surface area contributed by atoms with Crippen LogP contribution in [0.3, 0.4) is 0 Å². The maximum Gasteiger partial charge on any atom is 0.130 e. The van der Waals surface area contributed by atoms with Crippen molar-refractivity contribution >= 4 is 6.08 Å². The largest absolute Gasteiger partial charge is 0.396 e. The first kappa shape index (κ1) is 11.0. The Hall–Kier alpha value is -1.09. The lowest BCUT2D eigenvalue weighted by molar-refractivity contribution is 0.303. The van der Waals surface area contributed by atoms with Crippen LogP contribution in [0, 0.1) is 6.92 Å². The quantitative estimate of drug-likeness (QED) is 0.772. The maximum atomic E-state index is 8.61. The van der Waals surface area contributed by atoms with Crippen molar-refractivity contribution in [2.24, 2.45) is 0 Å². The molecule has 78 valence electrons. The highest BCUT2D eigenvalue weighted by atomic mass is 16.2. The Labute approximate surface area is 84.9 Å². The van der Waals surface area contributed by atoms with Crippen molar-refractivity contribution < 1.29 is 5.11 Å². The van der Waals surface area contributed by atoms with Gasteiger partial charge in [0.1, 0.15) is 5.82 Å². The van der Waals surface area contributed by atoms with Gasteiger partial charge in [-0.3, -0.25) is 0 Å². The molecule has 0 saturated carbocycles. The molecular weight excluding hydrogens is 176 g/mol. The fourth-order valence-electron chi connectivity index (χ4n) is 1.41. The molecule has 14 heavy (non-hydrogen) atoms. The first-order valence-corrected chi connectivity index (χ1v) is 4.99. The smallest absolute Gasteiger partial charge is 0.130 e. The number of aromatic amines is 1. The van der Waals surface area contributed by atoms with Crippen LogP contribution >= 0.6 is 0 Å². The van der Waals surface area contributed by atoms with Gasteiger partial charge in [-0.1, -0.05) is 19.9 Å². The third kappa shape index (κ3) is 2.70. The van der Waals surface area contributed by atoms with Gasteiger partial charge < -0.3 is 10.1 Å². The Morgan fingerprint density at radius 1 is 1.50 bits per heavy atom. The zero-order chi connectivity index (χ0) is 10.6. The number of aliphatic hydroxyl groups is 1. The van der Waals surface area contributed by atoms with E-state index in [4.69, 9.17) is 5.11 Å². The molecule has 0 aliphatic rings. The second-order valence-corrected chi connectivity index (χ2v) is 3.69. The van der Waals surface area contributed by atoms with E-state index < -0.39 is 0 Å². The Morgan fingerprint density at radius 2 is 2.21 bits per heavy atom. The second kappa shape index (κ2) is 4.96. The highest BCUT2D eigenvalue weighted by molar-refractivity contribution is 5.41. The summed E-state index contributed by atoms with van der Waals surface area (Å²) >= 11 is 0. The summed E-state index contributed by atoms with van der Waals surface area (Å²) in [6.07, 6.45) is 4.51. The number of hydrogen-bond donors (Lipinski definition) is 2. The van der Waals surface area contributed by atoms with Crippen LogP contribution < -0.4 is 0 Å². The van der Waals surface area contributed by atoms with E-state index in [0.29, 0.717) is 12.3 Å². The summed E-state index contributed by atoms with van der Waals surface area (Å²) in [5.74, 6) is 1.35. The fraction of sp³-hybridized carbons (Fsp3) is 0.545. The average molecular weight is 194 g/mol. The third-order valence-electron chi connectivity index (χ3n) is 2.09. The van der Waals surface area contributed by atoms with Crippen molar-refractivity contribution in [2.75, 3.05) is 6.61 Å². The van der Waals surface area contributed by atoms with Gasteiger partial charge in [-0.2, -0.15) is 0 Å². The summed E-state index contributed by atoms with van der Waals surface area (Å²) in [6, 6.07) is 0. The molecule has 1 aromatic heterocycles. The van der Waals surface area contributed by atoms with E-state index in [1.54, 1.807) is 0 Å². The van der Waals surface area contributed by atoms with Crippen LogP contribution in [0.1, 0.15) is 43.4 Å². The summed E-state index contributed by atoms with van der Waals surface area (Å²) in [7, 11) is 0. The summed E-state index contributed by atoms with van der Waals surface area (Å²) in [6.45, 7) is 6.48. The molecule has 0 aliphatic carbocycles. The topological polar surface area (TPSA) is 48.9 Å². The number of aliphatic hydroxyl groups excluding tert-OH is 1. The normalized spacial score (nSPS) is 11.8. The van der Waals surface area contributed by atoms with Gasteiger partial charge in [-0.05, 0) is 25.3 Å². The lowest BCUT2D eigenvalue weighted by atomic mass is 10.1. The number of aryl methyl sites for hydroxylation is 1. The van der Waals surface area contributed by atoms with Crippen LogP contribution in [0.25, 0.3) is 6.08 Å². The number of hydrogen-bond acceptors (Lipinski definition) is 2. The van der Waals surface area contributed by atoms with Gasteiger partial charge in [0.2, 0.25) is 0 Å². The molecule has 1 aromatic rings. The van der Waals surface area contributed by atoms with Crippen LogP contribution in [0.4, 0.5) is 0 Å². The molecule has 1 rings (SSSR count). The molecule has 0 radical (unpaired) electrons. The third-order valence-corrected chi connectivity index (χ3v) is 2.09. The van der Waals surface area contributed by atoms with Gasteiger partial charge in [-0.15, -0.1) is 0 Å². The van der Waals surface area contributed by atoms with Crippen molar-refractivity contribution in [3.63, 3.8) is 0 Å². The molecule has 1 heterocycles. The van der Waals surface area contributed by atoms with E-state index >= 15 is 0 Å². The number of H-pyrrole nitrogens is 1. The van der Waals surface area contributed by atoms with Gasteiger partial charge in [-0.25, -0.2) is 4.98 Å². The monoisotopic (exact) mass is 194 g/mol. The van der Waals surface area contributed by atoms with E-state index in [1.165, 1.54) is 5.69 Å². The van der Waals surface area contributed by atoms with Crippen molar-refractivity contribution in [1.29, 1.82) is 0 Å². The minimum absolute atomic E-state index is 0.188. The standard InChI is InChI=1S/C11H18N2O/c1-8(2)11-9(3)12-10(13-11)6-4-5-7-14/h4,6,8,14H,5,7H2,1-3H3,(H,12,13)/b6-4+. The molecule has 0 aliphatic heterocycles. The lowest BCUT2D eigenvalue weighted by Crippen LogP contribution is -1.89. The first-order valence-electron chi connectivity index (χ1n) is 4.99. The van der Waals surface area contributed by atoms with E-state index in [-0.39, 0.29) is 6.61 Å². The molecule has 0 saturated heterocycles.